The molecule has 0 saturated carbocycles. The molecule has 6 rings (SSSR count). The van der Waals surface area contributed by atoms with Gasteiger partial charge >= 0.3 is 0 Å². The monoisotopic (exact) mass is 758 g/mol. The van der Waals surface area contributed by atoms with Gasteiger partial charge in [0.25, 0.3) is 34.1 Å². The number of ether oxygens (including phenoxy) is 2. The summed E-state index contributed by atoms with van der Waals surface area (Å²) in [5.41, 5.74) is -1.37. The van der Waals surface area contributed by atoms with Crippen LogP contribution in [0.2, 0.25) is 0 Å². The zero-order valence-corrected chi connectivity index (χ0v) is 27.7. The summed E-state index contributed by atoms with van der Waals surface area (Å²) in [5.74, 6) is -10.7. The van der Waals surface area contributed by atoms with Gasteiger partial charge in [-0.05, 0) is 24.3 Å². The van der Waals surface area contributed by atoms with Crippen LogP contribution < -0.4 is 0 Å². The van der Waals surface area contributed by atoms with Gasteiger partial charge in [0.2, 0.25) is 0 Å². The van der Waals surface area contributed by atoms with E-state index in [4.69, 9.17) is 9.47 Å². The maximum atomic E-state index is 14.6. The van der Waals surface area contributed by atoms with Crippen LogP contribution in [-0.4, -0.2) is 70.2 Å². The summed E-state index contributed by atoms with van der Waals surface area (Å²) < 4.78 is 96.8. The van der Waals surface area contributed by atoms with E-state index in [1.54, 1.807) is 24.3 Å². The zero-order chi connectivity index (χ0) is 37.1. The third-order valence-electron chi connectivity index (χ3n) is 7.39. The maximum absolute atomic E-state index is 14.6. The van der Waals surface area contributed by atoms with E-state index in [2.05, 4.69) is 9.98 Å². The summed E-state index contributed by atoms with van der Waals surface area (Å²) in [6, 6.07) is 13.5. The van der Waals surface area contributed by atoms with Crippen LogP contribution >= 0.6 is 21.6 Å². The van der Waals surface area contributed by atoms with Crippen molar-refractivity contribution >= 4 is 67.1 Å². The lowest BCUT2D eigenvalue weighted by Gasteiger charge is -2.16. The van der Waals surface area contributed by atoms with Gasteiger partial charge in [-0.3, -0.25) is 29.0 Å². The standard InChI is InChI=1S/C34H20F6N4O6S2/c35-17-13-23(37)27(24(38)14-17)41-33(49-11-9-43-29(45)19-5-1-2-6-20(19)30(43)46)51-52-34(42-28-25(39)15-18(36)16-26(28)40)50-12-10-44-31(47)21-7-3-4-8-22(21)32(44)48/h1-8,13-16H,9-12H2. The highest BCUT2D eigenvalue weighted by atomic mass is 33.1. The summed E-state index contributed by atoms with van der Waals surface area (Å²) in [7, 11) is 0.864. The average molecular weight is 759 g/mol. The number of benzene rings is 4. The molecular weight excluding hydrogens is 739 g/mol. The Morgan fingerprint density at radius 3 is 1.10 bits per heavy atom. The quantitative estimate of drug-likeness (QED) is 0.0609. The molecule has 4 aromatic rings. The largest absolute Gasteiger partial charge is 0.470 e. The molecule has 0 spiro atoms. The average Bonchev–Trinajstić information content (AvgIpc) is 3.49. The number of nitrogens with zero attached hydrogens (tertiary/aromatic N) is 4. The first kappa shape index (κ1) is 36.2. The Kier molecular flexibility index (Phi) is 10.7. The molecule has 0 fully saturated rings. The number of amides is 4. The number of hydrogen-bond acceptors (Lipinski definition) is 10. The first-order valence-electron chi connectivity index (χ1n) is 14.9. The molecule has 0 N–H and O–H groups in total. The van der Waals surface area contributed by atoms with Crippen molar-refractivity contribution in [2.24, 2.45) is 9.98 Å². The highest BCUT2D eigenvalue weighted by Gasteiger charge is 2.36. The van der Waals surface area contributed by atoms with Crippen LogP contribution in [-0.2, 0) is 9.47 Å². The number of hydrogen-bond donors (Lipinski definition) is 0. The fraction of sp³-hybridized carbons (Fsp3) is 0.118. The van der Waals surface area contributed by atoms with Crippen molar-refractivity contribution in [2.75, 3.05) is 26.3 Å². The van der Waals surface area contributed by atoms with E-state index in [9.17, 15) is 45.5 Å². The van der Waals surface area contributed by atoms with Gasteiger partial charge in [0, 0.05) is 45.9 Å². The van der Waals surface area contributed by atoms with Gasteiger partial charge in [-0.15, -0.1) is 0 Å². The van der Waals surface area contributed by atoms with Crippen LogP contribution in [0.4, 0.5) is 37.7 Å². The topological polar surface area (TPSA) is 118 Å². The Labute approximate surface area is 297 Å². The van der Waals surface area contributed by atoms with Crippen molar-refractivity contribution in [3.05, 3.63) is 130 Å². The van der Waals surface area contributed by atoms with E-state index < -0.39 is 93.6 Å². The highest BCUT2D eigenvalue weighted by molar-refractivity contribution is 8.87. The summed E-state index contributed by atoms with van der Waals surface area (Å²) in [5, 5.41) is -1.16. The number of carbonyl (C=O) groups is 4. The maximum Gasteiger partial charge on any atom is 0.262 e. The third kappa shape index (κ3) is 7.52. The number of fused-ring (bicyclic) bond motifs is 2. The molecule has 0 unspecified atom stereocenters. The van der Waals surface area contributed by atoms with Gasteiger partial charge in [0.05, 0.1) is 35.3 Å². The van der Waals surface area contributed by atoms with Crippen molar-refractivity contribution in [2.45, 2.75) is 0 Å². The Morgan fingerprint density at radius 2 is 0.808 bits per heavy atom. The molecule has 0 aromatic heterocycles. The highest BCUT2D eigenvalue weighted by Crippen LogP contribution is 2.34. The number of imide groups is 2. The van der Waals surface area contributed by atoms with Crippen LogP contribution in [0.15, 0.2) is 82.8 Å². The minimum Gasteiger partial charge on any atom is -0.470 e. The van der Waals surface area contributed by atoms with E-state index in [0.717, 1.165) is 9.80 Å². The molecule has 0 radical (unpaired) electrons. The number of halogens is 6. The van der Waals surface area contributed by atoms with Crippen molar-refractivity contribution in [1.82, 2.24) is 9.80 Å². The van der Waals surface area contributed by atoms with E-state index in [1.165, 1.54) is 24.3 Å². The number of carbonyl (C=O) groups excluding carboxylic acids is 4. The SMILES string of the molecule is O=C1c2ccccc2C(=O)N1CCOC(=Nc1c(F)cc(F)cc1F)SSC(=Nc1c(F)cc(F)cc1F)OCCN1C(=O)c2ccccc2C1=O. The molecule has 2 heterocycles. The second-order valence-electron chi connectivity index (χ2n) is 10.7. The van der Waals surface area contributed by atoms with Crippen LogP contribution in [0.25, 0.3) is 0 Å². The van der Waals surface area contributed by atoms with Gasteiger partial charge in [-0.2, -0.15) is 0 Å². The molecule has 266 valence electrons. The second-order valence-corrected chi connectivity index (χ2v) is 12.7. The lowest BCUT2D eigenvalue weighted by atomic mass is 10.1. The Morgan fingerprint density at radius 1 is 0.519 bits per heavy atom. The molecular formula is C34H20F6N4O6S2. The van der Waals surface area contributed by atoms with E-state index >= 15 is 0 Å². The Hall–Kier alpha value is -5.62. The molecule has 52 heavy (non-hydrogen) atoms. The Bertz CT molecular complexity index is 1930. The first-order valence-corrected chi connectivity index (χ1v) is 17.0. The van der Waals surface area contributed by atoms with E-state index in [-0.39, 0.29) is 35.3 Å². The van der Waals surface area contributed by atoms with Crippen molar-refractivity contribution in [1.29, 1.82) is 0 Å². The van der Waals surface area contributed by atoms with E-state index in [0.29, 0.717) is 45.9 Å². The lowest BCUT2D eigenvalue weighted by molar-refractivity contribution is 0.0615. The van der Waals surface area contributed by atoms with Gasteiger partial charge in [0.1, 0.15) is 36.2 Å². The van der Waals surface area contributed by atoms with Crippen molar-refractivity contribution in [3.63, 3.8) is 0 Å². The van der Waals surface area contributed by atoms with Gasteiger partial charge < -0.3 is 9.47 Å². The summed E-state index contributed by atoms with van der Waals surface area (Å²) >= 11 is 0. The molecule has 2 aliphatic heterocycles. The minimum atomic E-state index is -1.42. The summed E-state index contributed by atoms with van der Waals surface area (Å²) in [6.07, 6.45) is 0. The molecule has 2 aliphatic rings. The summed E-state index contributed by atoms with van der Waals surface area (Å²) in [6.45, 7) is -1.66. The number of rotatable bonds is 8. The van der Waals surface area contributed by atoms with Crippen LogP contribution in [0.3, 0.4) is 0 Å². The van der Waals surface area contributed by atoms with Crippen LogP contribution in [0.5, 0.6) is 0 Å². The lowest BCUT2D eigenvalue weighted by Crippen LogP contribution is -2.33. The molecule has 10 nitrogen and oxygen atoms in total. The molecule has 0 atom stereocenters. The van der Waals surface area contributed by atoms with Gasteiger partial charge in [0.15, 0.2) is 23.3 Å². The second kappa shape index (κ2) is 15.3. The smallest absolute Gasteiger partial charge is 0.262 e. The molecule has 4 aromatic carbocycles. The molecule has 4 amide bonds. The van der Waals surface area contributed by atoms with E-state index in [1.807, 2.05) is 0 Å². The molecule has 0 bridgehead atoms. The predicted octanol–water partition coefficient (Wildman–Crippen LogP) is 7.20. The predicted molar refractivity (Wildman–Crippen MR) is 178 cm³/mol. The molecule has 18 heteroatoms. The van der Waals surface area contributed by atoms with Gasteiger partial charge in [-0.1, -0.05) is 24.3 Å². The zero-order valence-electron chi connectivity index (χ0n) is 26.1. The fourth-order valence-electron chi connectivity index (χ4n) is 5.02. The normalized spacial score (nSPS) is 14.3. The van der Waals surface area contributed by atoms with Crippen LogP contribution in [0.1, 0.15) is 41.4 Å². The van der Waals surface area contributed by atoms with Gasteiger partial charge in [-0.25, -0.2) is 36.3 Å². The summed E-state index contributed by atoms with van der Waals surface area (Å²) in [4.78, 5) is 60.4. The first-order chi connectivity index (χ1) is 24.9. The van der Waals surface area contributed by atoms with Crippen LogP contribution in [0, 0.1) is 34.9 Å². The third-order valence-corrected chi connectivity index (χ3v) is 9.28. The molecule has 0 aliphatic carbocycles. The Balaban J connectivity index is 1.23. The molecule has 0 saturated heterocycles. The fourth-order valence-corrected chi connectivity index (χ4v) is 6.62. The van der Waals surface area contributed by atoms with Crippen molar-refractivity contribution in [3.8, 4) is 0 Å². The number of aliphatic imine (C=N–C) groups is 2. The van der Waals surface area contributed by atoms with Crippen molar-refractivity contribution < 1.29 is 55.0 Å². The minimum absolute atomic E-state index is 0.154.